The van der Waals surface area contributed by atoms with Gasteiger partial charge in [-0.15, -0.1) is 0 Å². The van der Waals surface area contributed by atoms with Crippen molar-refractivity contribution in [1.82, 2.24) is 0 Å². The second-order valence-corrected chi connectivity index (χ2v) is 6.72. The van der Waals surface area contributed by atoms with E-state index in [9.17, 15) is 9.50 Å². The van der Waals surface area contributed by atoms with Crippen LogP contribution in [0.2, 0.25) is 5.02 Å². The number of halogens is 2. The van der Waals surface area contributed by atoms with Gasteiger partial charge in [-0.2, -0.15) is 0 Å². The van der Waals surface area contributed by atoms with E-state index in [1.807, 2.05) is 0 Å². The van der Waals surface area contributed by atoms with Gasteiger partial charge in [0, 0.05) is 12.5 Å². The molecule has 0 saturated heterocycles. The molecule has 0 radical (unpaired) electrons. The SMILES string of the molecule is NCC(c1cccc(Cl)c1F)C(O)C1CC2CCC1C2. The van der Waals surface area contributed by atoms with Gasteiger partial charge in [0.15, 0.2) is 0 Å². The molecule has 3 N–H and O–H groups in total. The van der Waals surface area contributed by atoms with E-state index in [0.29, 0.717) is 11.5 Å². The first-order valence-electron chi connectivity index (χ1n) is 7.43. The molecule has 0 spiro atoms. The predicted molar refractivity (Wildman–Crippen MR) is 78.2 cm³/mol. The molecule has 0 amide bonds. The maximum atomic E-state index is 14.2. The lowest BCUT2D eigenvalue weighted by atomic mass is 9.77. The molecule has 110 valence electrons. The summed E-state index contributed by atoms with van der Waals surface area (Å²) in [6.45, 7) is 0.242. The minimum Gasteiger partial charge on any atom is -0.392 e. The van der Waals surface area contributed by atoms with Crippen LogP contribution in [-0.4, -0.2) is 17.8 Å². The largest absolute Gasteiger partial charge is 0.392 e. The van der Waals surface area contributed by atoms with Crippen molar-refractivity contribution in [2.24, 2.45) is 23.5 Å². The number of rotatable bonds is 4. The maximum absolute atomic E-state index is 14.2. The summed E-state index contributed by atoms with van der Waals surface area (Å²) in [6, 6.07) is 4.93. The Morgan fingerprint density at radius 1 is 1.35 bits per heavy atom. The van der Waals surface area contributed by atoms with Gasteiger partial charge < -0.3 is 10.8 Å². The Balaban J connectivity index is 1.84. The molecule has 4 heteroatoms. The Bertz CT molecular complexity index is 495. The van der Waals surface area contributed by atoms with Crippen LogP contribution in [0.15, 0.2) is 18.2 Å². The molecule has 0 heterocycles. The molecular weight excluding hydrogens is 277 g/mol. The molecule has 2 bridgehead atoms. The van der Waals surface area contributed by atoms with E-state index in [4.69, 9.17) is 17.3 Å². The molecular formula is C16H21ClFNO. The highest BCUT2D eigenvalue weighted by Gasteiger charge is 2.45. The van der Waals surface area contributed by atoms with Crippen molar-refractivity contribution >= 4 is 11.6 Å². The molecule has 5 unspecified atom stereocenters. The average molecular weight is 298 g/mol. The van der Waals surface area contributed by atoms with Gasteiger partial charge in [0.05, 0.1) is 11.1 Å². The molecule has 2 aliphatic rings. The molecule has 1 aromatic carbocycles. The fourth-order valence-corrected chi connectivity index (χ4v) is 4.45. The van der Waals surface area contributed by atoms with Crippen molar-refractivity contribution in [1.29, 1.82) is 0 Å². The summed E-state index contributed by atoms with van der Waals surface area (Å²) >= 11 is 5.84. The average Bonchev–Trinajstić information content (AvgIpc) is 3.06. The third-order valence-corrected chi connectivity index (χ3v) is 5.57. The van der Waals surface area contributed by atoms with Gasteiger partial charge in [0.2, 0.25) is 0 Å². The van der Waals surface area contributed by atoms with Gasteiger partial charge in [0.1, 0.15) is 5.82 Å². The van der Waals surface area contributed by atoms with Gasteiger partial charge in [-0.05, 0) is 48.6 Å². The van der Waals surface area contributed by atoms with Crippen LogP contribution in [0.3, 0.4) is 0 Å². The lowest BCUT2D eigenvalue weighted by Gasteiger charge is -2.32. The van der Waals surface area contributed by atoms with Crippen molar-refractivity contribution < 1.29 is 9.50 Å². The van der Waals surface area contributed by atoms with Crippen molar-refractivity contribution in [3.8, 4) is 0 Å². The standard InChI is InChI=1S/C16H21ClFNO/c17-14-3-1-2-11(15(14)18)13(8-19)16(20)12-7-9-4-5-10(12)6-9/h1-3,9-10,12-13,16,20H,4-8,19H2. The quantitative estimate of drug-likeness (QED) is 0.895. The zero-order valence-corrected chi connectivity index (χ0v) is 12.2. The van der Waals surface area contributed by atoms with Crippen molar-refractivity contribution in [3.05, 3.63) is 34.6 Å². The summed E-state index contributed by atoms with van der Waals surface area (Å²) in [5.41, 5.74) is 6.27. The Labute approximate surface area is 124 Å². The van der Waals surface area contributed by atoms with E-state index in [0.717, 1.165) is 12.3 Å². The number of aliphatic hydroxyl groups excluding tert-OH is 1. The molecule has 0 aromatic heterocycles. The van der Waals surface area contributed by atoms with Gasteiger partial charge in [-0.3, -0.25) is 0 Å². The first-order chi connectivity index (χ1) is 9.61. The van der Waals surface area contributed by atoms with Crippen molar-refractivity contribution in [2.75, 3.05) is 6.54 Å². The third kappa shape index (κ3) is 2.36. The number of benzene rings is 1. The van der Waals surface area contributed by atoms with E-state index in [2.05, 4.69) is 0 Å². The summed E-state index contributed by atoms with van der Waals surface area (Å²) in [5.74, 6) is 0.805. The van der Waals surface area contributed by atoms with Gasteiger partial charge >= 0.3 is 0 Å². The summed E-state index contributed by atoms with van der Waals surface area (Å²) in [4.78, 5) is 0. The van der Waals surface area contributed by atoms with Crippen LogP contribution in [0.1, 0.15) is 37.2 Å². The highest BCUT2D eigenvalue weighted by atomic mass is 35.5. The highest BCUT2D eigenvalue weighted by molar-refractivity contribution is 6.30. The zero-order chi connectivity index (χ0) is 14.3. The zero-order valence-electron chi connectivity index (χ0n) is 11.4. The van der Waals surface area contributed by atoms with Crippen LogP contribution in [0, 0.1) is 23.6 Å². The number of hydrogen-bond acceptors (Lipinski definition) is 2. The van der Waals surface area contributed by atoms with Gasteiger partial charge in [-0.1, -0.05) is 30.2 Å². The first-order valence-corrected chi connectivity index (χ1v) is 7.81. The van der Waals surface area contributed by atoms with Crippen molar-refractivity contribution in [2.45, 2.75) is 37.7 Å². The Morgan fingerprint density at radius 3 is 2.75 bits per heavy atom. The van der Waals surface area contributed by atoms with E-state index >= 15 is 0 Å². The van der Waals surface area contributed by atoms with E-state index in [1.165, 1.54) is 25.3 Å². The topological polar surface area (TPSA) is 46.2 Å². The molecule has 2 saturated carbocycles. The summed E-state index contributed by atoms with van der Waals surface area (Å²) in [5, 5.41) is 10.8. The van der Waals surface area contributed by atoms with E-state index < -0.39 is 11.9 Å². The highest BCUT2D eigenvalue weighted by Crippen LogP contribution is 2.51. The van der Waals surface area contributed by atoms with Gasteiger partial charge in [0.25, 0.3) is 0 Å². The van der Waals surface area contributed by atoms with Crippen LogP contribution in [0.25, 0.3) is 0 Å². The van der Waals surface area contributed by atoms with Crippen molar-refractivity contribution in [3.63, 3.8) is 0 Å². The summed E-state index contributed by atoms with van der Waals surface area (Å²) in [7, 11) is 0. The van der Waals surface area contributed by atoms with Gasteiger partial charge in [-0.25, -0.2) is 4.39 Å². The van der Waals surface area contributed by atoms with Crippen LogP contribution in [0.5, 0.6) is 0 Å². The smallest absolute Gasteiger partial charge is 0.145 e. The molecule has 20 heavy (non-hydrogen) atoms. The second kappa shape index (κ2) is 5.63. The number of nitrogens with two attached hydrogens (primary N) is 1. The van der Waals surface area contributed by atoms with Crippen LogP contribution < -0.4 is 5.73 Å². The van der Waals surface area contributed by atoms with E-state index in [1.54, 1.807) is 12.1 Å². The number of aliphatic hydroxyl groups is 1. The Kier molecular flexibility index (Phi) is 4.02. The second-order valence-electron chi connectivity index (χ2n) is 6.31. The molecule has 2 nitrogen and oxygen atoms in total. The minimum atomic E-state index is -0.566. The lowest BCUT2D eigenvalue weighted by molar-refractivity contribution is 0.0523. The fourth-order valence-electron chi connectivity index (χ4n) is 4.27. The molecule has 1 aromatic rings. The first kappa shape index (κ1) is 14.3. The maximum Gasteiger partial charge on any atom is 0.145 e. The molecule has 2 aliphatic carbocycles. The summed E-state index contributed by atoms with van der Waals surface area (Å²) in [6.07, 6.45) is 4.19. The Morgan fingerprint density at radius 2 is 2.15 bits per heavy atom. The minimum absolute atomic E-state index is 0.0982. The number of hydrogen-bond donors (Lipinski definition) is 2. The normalized spacial score (nSPS) is 31.5. The van der Waals surface area contributed by atoms with Crippen LogP contribution >= 0.6 is 11.6 Å². The Hall–Kier alpha value is -0.640. The summed E-state index contributed by atoms with van der Waals surface area (Å²) < 4.78 is 14.2. The fraction of sp³-hybridized carbons (Fsp3) is 0.625. The van der Waals surface area contributed by atoms with E-state index in [-0.39, 0.29) is 23.4 Å². The molecule has 0 aliphatic heterocycles. The number of fused-ring (bicyclic) bond motifs is 2. The van der Waals surface area contributed by atoms with Crippen LogP contribution in [0.4, 0.5) is 4.39 Å². The third-order valence-electron chi connectivity index (χ3n) is 5.28. The molecule has 3 rings (SSSR count). The van der Waals surface area contributed by atoms with Crippen LogP contribution in [-0.2, 0) is 0 Å². The monoisotopic (exact) mass is 297 g/mol. The lowest BCUT2D eigenvalue weighted by Crippen LogP contribution is -2.35. The molecule has 5 atom stereocenters. The molecule has 2 fully saturated rings. The predicted octanol–water partition coefficient (Wildman–Crippen LogP) is 3.32.